The summed E-state index contributed by atoms with van der Waals surface area (Å²) in [4.78, 5) is 0. The van der Waals surface area contributed by atoms with Gasteiger partial charge in [0.2, 0.25) is 0 Å². The van der Waals surface area contributed by atoms with E-state index in [4.69, 9.17) is 5.14 Å². The van der Waals surface area contributed by atoms with Crippen molar-refractivity contribution in [3.8, 4) is 0 Å². The molecule has 0 bridgehead atoms. The maximum atomic E-state index is 14.7. The third-order valence-electron chi connectivity index (χ3n) is 3.17. The Bertz CT molecular complexity index is 532. The third kappa shape index (κ3) is 2.34. The molecule has 1 aliphatic heterocycles. The molecule has 0 aliphatic carbocycles. The molecule has 1 aromatic rings. The monoisotopic (exact) mass is 258 g/mol. The van der Waals surface area contributed by atoms with Crippen LogP contribution in [-0.2, 0) is 15.9 Å². The highest BCUT2D eigenvalue weighted by atomic mass is 32.2. The minimum absolute atomic E-state index is 0.129. The lowest BCUT2D eigenvalue weighted by Crippen LogP contribution is -2.37. The Morgan fingerprint density at radius 1 is 1.41 bits per heavy atom. The van der Waals surface area contributed by atoms with Crippen molar-refractivity contribution in [2.75, 3.05) is 13.1 Å². The van der Waals surface area contributed by atoms with E-state index < -0.39 is 15.9 Å². The van der Waals surface area contributed by atoms with Gasteiger partial charge in [0.1, 0.15) is 0 Å². The minimum Gasteiger partial charge on any atom is -0.237 e. The van der Waals surface area contributed by atoms with Crippen LogP contribution in [0, 0.1) is 6.92 Å². The van der Waals surface area contributed by atoms with Gasteiger partial charge in [0, 0.05) is 13.0 Å². The fourth-order valence-electron chi connectivity index (χ4n) is 2.25. The zero-order valence-electron chi connectivity index (χ0n) is 9.56. The summed E-state index contributed by atoms with van der Waals surface area (Å²) in [6.45, 7) is 1.75. The molecule has 0 radical (unpaired) electrons. The fraction of sp³-hybridized carbons (Fsp3) is 0.455. The predicted molar refractivity (Wildman–Crippen MR) is 63.3 cm³/mol. The summed E-state index contributed by atoms with van der Waals surface area (Å²) in [5.41, 5.74) is -0.255. The zero-order chi connectivity index (χ0) is 12.7. The molecular weight excluding hydrogens is 243 g/mol. The maximum absolute atomic E-state index is 14.7. The van der Waals surface area contributed by atoms with Gasteiger partial charge in [0.25, 0.3) is 10.2 Å². The van der Waals surface area contributed by atoms with Crippen molar-refractivity contribution >= 4 is 10.2 Å². The molecule has 0 saturated carbocycles. The average Bonchev–Trinajstić information content (AvgIpc) is 2.62. The molecule has 2 N–H and O–H groups in total. The van der Waals surface area contributed by atoms with Crippen LogP contribution in [-0.4, -0.2) is 25.8 Å². The van der Waals surface area contributed by atoms with E-state index in [1.54, 1.807) is 12.1 Å². The van der Waals surface area contributed by atoms with Crippen LogP contribution in [0.25, 0.3) is 0 Å². The second-order valence-corrected chi connectivity index (χ2v) is 5.96. The van der Waals surface area contributed by atoms with Gasteiger partial charge in [-0.25, -0.2) is 9.53 Å². The van der Waals surface area contributed by atoms with Crippen LogP contribution in [0.4, 0.5) is 4.39 Å². The third-order valence-corrected chi connectivity index (χ3v) is 4.20. The lowest BCUT2D eigenvalue weighted by molar-refractivity contribution is 0.182. The van der Waals surface area contributed by atoms with Gasteiger partial charge in [-0.1, -0.05) is 24.3 Å². The van der Waals surface area contributed by atoms with E-state index >= 15 is 0 Å². The van der Waals surface area contributed by atoms with Gasteiger partial charge in [-0.05, 0) is 18.1 Å². The summed E-state index contributed by atoms with van der Waals surface area (Å²) in [7, 11) is -3.80. The normalized spacial score (nSPS) is 26.3. The molecule has 0 spiro atoms. The molecule has 6 heteroatoms. The van der Waals surface area contributed by atoms with Gasteiger partial charge < -0.3 is 0 Å². The van der Waals surface area contributed by atoms with Gasteiger partial charge in [0.05, 0.1) is 6.54 Å². The Morgan fingerprint density at radius 2 is 2.06 bits per heavy atom. The second-order valence-electron chi connectivity index (χ2n) is 4.41. The van der Waals surface area contributed by atoms with Crippen molar-refractivity contribution in [2.45, 2.75) is 19.0 Å². The molecule has 1 unspecified atom stereocenters. The summed E-state index contributed by atoms with van der Waals surface area (Å²) in [5.74, 6) is 0. The first-order valence-corrected chi connectivity index (χ1v) is 6.86. The summed E-state index contributed by atoms with van der Waals surface area (Å²) >= 11 is 0. The van der Waals surface area contributed by atoms with E-state index in [2.05, 4.69) is 0 Å². The van der Waals surface area contributed by atoms with Crippen LogP contribution >= 0.6 is 0 Å². The highest BCUT2D eigenvalue weighted by Crippen LogP contribution is 2.38. The van der Waals surface area contributed by atoms with Crippen molar-refractivity contribution in [3.05, 3.63) is 35.4 Å². The number of halogens is 1. The molecule has 2 rings (SSSR count). The molecule has 1 saturated heterocycles. The summed E-state index contributed by atoms with van der Waals surface area (Å²) < 4.78 is 38.1. The number of hydrogen-bond acceptors (Lipinski definition) is 2. The van der Waals surface area contributed by atoms with Crippen LogP contribution in [0.1, 0.15) is 17.5 Å². The minimum atomic E-state index is -3.80. The van der Waals surface area contributed by atoms with E-state index in [9.17, 15) is 12.8 Å². The Hall–Kier alpha value is -0.980. The summed E-state index contributed by atoms with van der Waals surface area (Å²) in [6, 6.07) is 7.09. The fourth-order valence-corrected chi connectivity index (χ4v) is 2.98. The molecule has 1 fully saturated rings. The Balaban J connectivity index is 2.32. The highest BCUT2D eigenvalue weighted by Gasteiger charge is 2.43. The first-order chi connectivity index (χ1) is 7.83. The Kier molecular flexibility index (Phi) is 2.97. The van der Waals surface area contributed by atoms with Crippen LogP contribution in [0.5, 0.6) is 0 Å². The molecule has 0 amide bonds. The van der Waals surface area contributed by atoms with Gasteiger partial charge >= 0.3 is 0 Å². The lowest BCUT2D eigenvalue weighted by atomic mass is 9.91. The van der Waals surface area contributed by atoms with Crippen LogP contribution in [0.2, 0.25) is 0 Å². The molecule has 94 valence electrons. The lowest BCUT2D eigenvalue weighted by Gasteiger charge is -2.22. The molecule has 1 aliphatic rings. The van der Waals surface area contributed by atoms with Crippen molar-refractivity contribution in [2.24, 2.45) is 5.14 Å². The number of aryl methyl sites for hydroxylation is 1. The molecule has 0 aromatic heterocycles. The average molecular weight is 258 g/mol. The van der Waals surface area contributed by atoms with Crippen LogP contribution in [0.3, 0.4) is 0 Å². The molecule has 17 heavy (non-hydrogen) atoms. The van der Waals surface area contributed by atoms with Crippen molar-refractivity contribution in [3.63, 3.8) is 0 Å². The van der Waals surface area contributed by atoms with Crippen LogP contribution in [0.15, 0.2) is 24.3 Å². The zero-order valence-corrected chi connectivity index (χ0v) is 10.4. The largest absolute Gasteiger partial charge is 0.277 e. The van der Waals surface area contributed by atoms with Gasteiger partial charge in [-0.2, -0.15) is 12.7 Å². The smallest absolute Gasteiger partial charge is 0.237 e. The van der Waals surface area contributed by atoms with E-state index in [-0.39, 0.29) is 19.5 Å². The quantitative estimate of drug-likeness (QED) is 0.862. The van der Waals surface area contributed by atoms with Crippen molar-refractivity contribution in [1.82, 2.24) is 4.31 Å². The van der Waals surface area contributed by atoms with E-state index in [1.165, 1.54) is 0 Å². The number of benzene rings is 1. The number of nitrogens with zero attached hydrogens (tertiary/aromatic N) is 1. The highest BCUT2D eigenvalue weighted by molar-refractivity contribution is 7.86. The molecule has 1 heterocycles. The SMILES string of the molecule is Cc1ccccc1C1(F)CCN(S(N)(=O)=O)C1. The van der Waals surface area contributed by atoms with E-state index in [1.807, 2.05) is 19.1 Å². The number of rotatable bonds is 2. The second kappa shape index (κ2) is 4.04. The Morgan fingerprint density at radius 3 is 2.59 bits per heavy atom. The maximum Gasteiger partial charge on any atom is 0.277 e. The van der Waals surface area contributed by atoms with Crippen molar-refractivity contribution in [1.29, 1.82) is 0 Å². The molecular formula is C11H15FN2O2S. The number of hydrogen-bond donors (Lipinski definition) is 1. The molecule has 4 nitrogen and oxygen atoms in total. The predicted octanol–water partition coefficient (Wildman–Crippen LogP) is 1.07. The van der Waals surface area contributed by atoms with Crippen molar-refractivity contribution < 1.29 is 12.8 Å². The van der Waals surface area contributed by atoms with Gasteiger partial charge in [-0.3, -0.25) is 0 Å². The summed E-state index contributed by atoms with van der Waals surface area (Å²) in [6.07, 6.45) is 0.147. The van der Waals surface area contributed by atoms with Gasteiger partial charge in [-0.15, -0.1) is 0 Å². The van der Waals surface area contributed by atoms with E-state index in [0.717, 1.165) is 9.87 Å². The topological polar surface area (TPSA) is 63.4 Å². The van der Waals surface area contributed by atoms with Gasteiger partial charge in [0.15, 0.2) is 5.67 Å². The number of alkyl halides is 1. The Labute approximate surface area is 100 Å². The molecule has 1 atom stereocenters. The first-order valence-electron chi connectivity index (χ1n) is 5.36. The standard InChI is InChI=1S/C11H15FN2O2S/c1-9-4-2-3-5-10(9)11(12)6-7-14(8-11)17(13,15)16/h2-5H,6-8H2,1H3,(H2,13,15,16). The number of nitrogens with two attached hydrogens (primary N) is 1. The molecule has 1 aromatic carbocycles. The summed E-state index contributed by atoms with van der Waals surface area (Å²) in [5, 5.41) is 5.01. The van der Waals surface area contributed by atoms with E-state index in [0.29, 0.717) is 5.56 Å². The van der Waals surface area contributed by atoms with Crippen LogP contribution < -0.4 is 5.14 Å². The first kappa shape index (κ1) is 12.5.